The molecule has 0 unspecified atom stereocenters. The van der Waals surface area contributed by atoms with E-state index in [0.29, 0.717) is 0 Å². The third kappa shape index (κ3) is 3.53. The molecule has 1 aromatic heterocycles. The molecule has 0 atom stereocenters. The fraction of sp³-hybridized carbons (Fsp3) is 0.158. The first-order valence-corrected chi connectivity index (χ1v) is 8.14. The second-order valence-corrected chi connectivity index (χ2v) is 6.27. The highest BCUT2D eigenvalue weighted by Crippen LogP contribution is 2.22. The van der Waals surface area contributed by atoms with Crippen molar-refractivity contribution in [3.63, 3.8) is 0 Å². The topological polar surface area (TPSA) is 12.0 Å². The van der Waals surface area contributed by atoms with E-state index in [9.17, 15) is 0 Å². The maximum absolute atomic E-state index is 3.49. The molecule has 2 heteroatoms. The summed E-state index contributed by atoms with van der Waals surface area (Å²) in [5.74, 6) is 0. The third-order valence-corrected chi connectivity index (χ3v) is 4.75. The van der Waals surface area contributed by atoms with Crippen molar-refractivity contribution in [2.24, 2.45) is 0 Å². The van der Waals surface area contributed by atoms with Crippen molar-refractivity contribution in [3.8, 4) is 11.1 Å². The van der Waals surface area contributed by atoms with Crippen molar-refractivity contribution < 1.29 is 0 Å². The van der Waals surface area contributed by atoms with Crippen molar-refractivity contribution in [3.05, 3.63) is 76.5 Å². The van der Waals surface area contributed by atoms with Crippen molar-refractivity contribution in [1.29, 1.82) is 0 Å². The average Bonchev–Trinajstić information content (AvgIpc) is 3.02. The van der Waals surface area contributed by atoms with E-state index in [4.69, 9.17) is 0 Å². The summed E-state index contributed by atoms with van der Waals surface area (Å²) < 4.78 is 0. The maximum atomic E-state index is 3.49. The summed E-state index contributed by atoms with van der Waals surface area (Å²) in [5.41, 5.74) is 3.68. The van der Waals surface area contributed by atoms with Crippen molar-refractivity contribution >= 4 is 17.0 Å². The summed E-state index contributed by atoms with van der Waals surface area (Å²) in [5, 5.41) is 3.49. The SMILES string of the molecule is CCc1ccc(CNc2ccc(-c3ccccc3)cc2)s1. The molecular weight excluding hydrogens is 274 g/mol. The highest BCUT2D eigenvalue weighted by Gasteiger charge is 2.00. The summed E-state index contributed by atoms with van der Waals surface area (Å²) in [7, 11) is 0. The number of hydrogen-bond acceptors (Lipinski definition) is 2. The molecule has 0 saturated carbocycles. The molecule has 0 bridgehead atoms. The Labute approximate surface area is 130 Å². The Morgan fingerprint density at radius 2 is 1.43 bits per heavy atom. The van der Waals surface area contributed by atoms with Crippen LogP contribution in [0, 0.1) is 0 Å². The molecule has 0 aliphatic heterocycles. The van der Waals surface area contributed by atoms with Gasteiger partial charge in [-0.25, -0.2) is 0 Å². The highest BCUT2D eigenvalue weighted by molar-refractivity contribution is 7.12. The van der Waals surface area contributed by atoms with E-state index in [1.807, 2.05) is 17.4 Å². The monoisotopic (exact) mass is 293 g/mol. The highest BCUT2D eigenvalue weighted by atomic mass is 32.1. The molecule has 3 aromatic rings. The van der Waals surface area contributed by atoms with Gasteiger partial charge < -0.3 is 5.32 Å². The van der Waals surface area contributed by atoms with Crippen LogP contribution in [-0.2, 0) is 13.0 Å². The van der Waals surface area contributed by atoms with Crippen molar-refractivity contribution in [2.75, 3.05) is 5.32 Å². The van der Waals surface area contributed by atoms with Crippen LogP contribution >= 0.6 is 11.3 Å². The van der Waals surface area contributed by atoms with Crippen LogP contribution in [0.3, 0.4) is 0 Å². The van der Waals surface area contributed by atoms with Gasteiger partial charge in [-0.15, -0.1) is 11.3 Å². The van der Waals surface area contributed by atoms with E-state index in [0.717, 1.165) is 13.0 Å². The van der Waals surface area contributed by atoms with Crippen LogP contribution in [-0.4, -0.2) is 0 Å². The summed E-state index contributed by atoms with van der Waals surface area (Å²) in [6.45, 7) is 3.10. The molecule has 3 rings (SSSR count). The van der Waals surface area contributed by atoms with E-state index in [2.05, 4.69) is 72.9 Å². The van der Waals surface area contributed by atoms with Gasteiger partial charge in [-0.3, -0.25) is 0 Å². The van der Waals surface area contributed by atoms with E-state index in [-0.39, 0.29) is 0 Å². The minimum absolute atomic E-state index is 0.898. The minimum Gasteiger partial charge on any atom is -0.380 e. The number of nitrogens with one attached hydrogen (secondary N) is 1. The molecule has 21 heavy (non-hydrogen) atoms. The molecule has 0 aliphatic carbocycles. The second-order valence-electron chi connectivity index (χ2n) is 5.02. The smallest absolute Gasteiger partial charge is 0.0494 e. The number of rotatable bonds is 5. The van der Waals surface area contributed by atoms with Crippen LogP contribution in [0.2, 0.25) is 0 Å². The van der Waals surface area contributed by atoms with E-state index in [1.165, 1.54) is 26.6 Å². The normalized spacial score (nSPS) is 10.5. The van der Waals surface area contributed by atoms with Crippen molar-refractivity contribution in [2.45, 2.75) is 19.9 Å². The van der Waals surface area contributed by atoms with Crippen molar-refractivity contribution in [1.82, 2.24) is 0 Å². The predicted octanol–water partition coefficient (Wildman–Crippen LogP) is 5.59. The number of aryl methyl sites for hydroxylation is 1. The molecule has 0 fully saturated rings. The molecule has 1 N–H and O–H groups in total. The Hall–Kier alpha value is -2.06. The van der Waals surface area contributed by atoms with Gasteiger partial charge in [0, 0.05) is 22.0 Å². The van der Waals surface area contributed by atoms with Gasteiger partial charge in [0.25, 0.3) is 0 Å². The quantitative estimate of drug-likeness (QED) is 0.646. The van der Waals surface area contributed by atoms with Gasteiger partial charge in [0.05, 0.1) is 0 Å². The molecular formula is C19H19NS. The van der Waals surface area contributed by atoms with Gasteiger partial charge in [-0.1, -0.05) is 49.4 Å². The van der Waals surface area contributed by atoms with Crippen LogP contribution in [0.25, 0.3) is 11.1 Å². The van der Waals surface area contributed by atoms with E-state index in [1.54, 1.807) is 0 Å². The molecule has 1 heterocycles. The van der Waals surface area contributed by atoms with Gasteiger partial charge in [0.2, 0.25) is 0 Å². The molecule has 0 spiro atoms. The number of benzene rings is 2. The summed E-state index contributed by atoms with van der Waals surface area (Å²) in [4.78, 5) is 2.84. The Morgan fingerprint density at radius 1 is 0.762 bits per heavy atom. The van der Waals surface area contributed by atoms with Gasteiger partial charge in [-0.05, 0) is 41.8 Å². The third-order valence-electron chi connectivity index (χ3n) is 3.52. The van der Waals surface area contributed by atoms with Crippen LogP contribution in [0.15, 0.2) is 66.7 Å². The van der Waals surface area contributed by atoms with Gasteiger partial charge in [0.1, 0.15) is 0 Å². The van der Waals surface area contributed by atoms with Crippen LogP contribution < -0.4 is 5.32 Å². The van der Waals surface area contributed by atoms with Crippen LogP contribution in [0.4, 0.5) is 5.69 Å². The maximum Gasteiger partial charge on any atom is 0.0494 e. The lowest BCUT2D eigenvalue weighted by Crippen LogP contribution is -1.96. The second kappa shape index (κ2) is 6.59. The molecule has 2 aromatic carbocycles. The lowest BCUT2D eigenvalue weighted by atomic mass is 10.1. The molecule has 0 radical (unpaired) electrons. The molecule has 0 amide bonds. The number of anilines is 1. The van der Waals surface area contributed by atoms with E-state index >= 15 is 0 Å². The van der Waals surface area contributed by atoms with Crippen LogP contribution in [0.1, 0.15) is 16.7 Å². The summed E-state index contributed by atoms with van der Waals surface area (Å²) in [6, 6.07) is 23.6. The zero-order chi connectivity index (χ0) is 14.5. The molecule has 0 saturated heterocycles. The number of hydrogen-bond donors (Lipinski definition) is 1. The van der Waals surface area contributed by atoms with Gasteiger partial charge in [-0.2, -0.15) is 0 Å². The lowest BCUT2D eigenvalue weighted by Gasteiger charge is -2.06. The zero-order valence-electron chi connectivity index (χ0n) is 12.2. The Bertz CT molecular complexity index is 683. The minimum atomic E-state index is 0.898. The lowest BCUT2D eigenvalue weighted by molar-refractivity contribution is 1.19. The summed E-state index contributed by atoms with van der Waals surface area (Å²) in [6.07, 6.45) is 1.12. The first-order chi connectivity index (χ1) is 10.3. The van der Waals surface area contributed by atoms with Crippen LogP contribution in [0.5, 0.6) is 0 Å². The summed E-state index contributed by atoms with van der Waals surface area (Å²) >= 11 is 1.89. The number of thiophene rings is 1. The first kappa shape index (κ1) is 13.9. The standard InChI is InChI=1S/C19H19NS/c1-2-18-12-13-19(21-18)14-20-17-10-8-16(9-11-17)15-6-4-3-5-7-15/h3-13,20H,2,14H2,1H3. The fourth-order valence-electron chi connectivity index (χ4n) is 2.31. The molecule has 106 valence electrons. The largest absolute Gasteiger partial charge is 0.380 e. The average molecular weight is 293 g/mol. The molecule has 0 aliphatic rings. The van der Waals surface area contributed by atoms with Gasteiger partial charge in [0.15, 0.2) is 0 Å². The Balaban J connectivity index is 1.64. The fourth-order valence-corrected chi connectivity index (χ4v) is 3.21. The predicted molar refractivity (Wildman–Crippen MR) is 92.9 cm³/mol. The van der Waals surface area contributed by atoms with Gasteiger partial charge >= 0.3 is 0 Å². The Kier molecular flexibility index (Phi) is 4.37. The molecule has 1 nitrogen and oxygen atoms in total. The Morgan fingerprint density at radius 3 is 2.10 bits per heavy atom. The first-order valence-electron chi connectivity index (χ1n) is 7.32. The van der Waals surface area contributed by atoms with E-state index < -0.39 is 0 Å². The zero-order valence-corrected chi connectivity index (χ0v) is 13.0.